The maximum Gasteiger partial charge on any atom is 0.139 e. The molecule has 0 spiro atoms. The Morgan fingerprint density at radius 2 is 1.86 bits per heavy atom. The maximum atomic E-state index is 6.10. The molecule has 1 aromatic heterocycles. The third kappa shape index (κ3) is 3.68. The Kier molecular flexibility index (Phi) is 4.62. The van der Waals surface area contributed by atoms with Crippen LogP contribution in [-0.2, 0) is 10.5 Å². The number of nitrogens with two attached hydrogens (primary N) is 1. The van der Waals surface area contributed by atoms with Crippen LogP contribution in [0.15, 0.2) is 47.4 Å². The van der Waals surface area contributed by atoms with Gasteiger partial charge in [-0.2, -0.15) is 0 Å². The van der Waals surface area contributed by atoms with Crippen molar-refractivity contribution in [1.82, 2.24) is 4.98 Å². The van der Waals surface area contributed by atoms with Crippen molar-refractivity contribution < 1.29 is 4.74 Å². The lowest BCUT2D eigenvalue weighted by Gasteiger charge is -2.28. The molecule has 2 aromatic rings. The molecule has 1 aromatic carbocycles. The lowest BCUT2D eigenvalue weighted by molar-refractivity contribution is 0.122. The first-order chi connectivity index (χ1) is 10.3. The minimum atomic E-state index is 0.611. The Labute approximate surface area is 129 Å². The molecule has 0 aliphatic carbocycles. The van der Waals surface area contributed by atoms with E-state index in [0.717, 1.165) is 42.8 Å². The summed E-state index contributed by atoms with van der Waals surface area (Å²) in [6.45, 7) is 3.27. The molecule has 1 fully saturated rings. The van der Waals surface area contributed by atoms with Crippen LogP contribution in [0.25, 0.3) is 0 Å². The molecular formula is C16H19N3OS. The highest BCUT2D eigenvalue weighted by Gasteiger charge is 2.13. The highest BCUT2D eigenvalue weighted by atomic mass is 32.2. The van der Waals surface area contributed by atoms with Crippen LogP contribution in [0.2, 0.25) is 0 Å². The van der Waals surface area contributed by atoms with Crippen molar-refractivity contribution in [1.29, 1.82) is 0 Å². The van der Waals surface area contributed by atoms with Gasteiger partial charge in [0.1, 0.15) is 11.6 Å². The fraction of sp³-hybridized carbons (Fsp3) is 0.312. The van der Waals surface area contributed by atoms with E-state index in [2.05, 4.69) is 46.3 Å². The number of thioether (sulfide) groups is 1. The van der Waals surface area contributed by atoms with E-state index < -0.39 is 0 Å². The summed E-state index contributed by atoms with van der Waals surface area (Å²) >= 11 is 1.72. The largest absolute Gasteiger partial charge is 0.383 e. The second kappa shape index (κ2) is 6.83. The molecule has 0 amide bonds. The van der Waals surface area contributed by atoms with Crippen LogP contribution in [0.1, 0.15) is 5.56 Å². The van der Waals surface area contributed by atoms with Crippen LogP contribution in [0.3, 0.4) is 0 Å². The van der Waals surface area contributed by atoms with Crippen LogP contribution in [-0.4, -0.2) is 31.3 Å². The predicted octanol–water partition coefficient (Wildman–Crippen LogP) is 2.79. The van der Waals surface area contributed by atoms with E-state index in [1.807, 2.05) is 6.07 Å². The van der Waals surface area contributed by atoms with E-state index in [0.29, 0.717) is 5.82 Å². The van der Waals surface area contributed by atoms with Gasteiger partial charge in [0.2, 0.25) is 0 Å². The van der Waals surface area contributed by atoms with Gasteiger partial charge in [-0.3, -0.25) is 0 Å². The molecule has 1 aliphatic rings. The molecule has 2 heterocycles. The van der Waals surface area contributed by atoms with Gasteiger partial charge in [0.25, 0.3) is 0 Å². The number of ether oxygens (including phenoxy) is 1. The monoisotopic (exact) mass is 301 g/mol. The lowest BCUT2D eigenvalue weighted by atomic mass is 10.2. The normalized spacial score (nSPS) is 15.1. The quantitative estimate of drug-likeness (QED) is 0.880. The van der Waals surface area contributed by atoms with Crippen molar-refractivity contribution in [2.45, 2.75) is 10.6 Å². The van der Waals surface area contributed by atoms with Gasteiger partial charge in [-0.15, -0.1) is 11.8 Å². The number of pyridine rings is 1. The van der Waals surface area contributed by atoms with Crippen LogP contribution in [0, 0.1) is 0 Å². The maximum absolute atomic E-state index is 6.10. The van der Waals surface area contributed by atoms with Crippen LogP contribution in [0.4, 0.5) is 11.6 Å². The van der Waals surface area contributed by atoms with Crippen molar-refractivity contribution in [2.24, 2.45) is 0 Å². The SMILES string of the molecule is Nc1nc(N2CCOCC2)ccc1SCc1ccccc1. The van der Waals surface area contributed by atoms with Gasteiger partial charge in [0, 0.05) is 23.7 Å². The minimum Gasteiger partial charge on any atom is -0.383 e. The van der Waals surface area contributed by atoms with Crippen LogP contribution >= 0.6 is 11.8 Å². The average Bonchev–Trinajstić information content (AvgIpc) is 2.55. The molecule has 0 unspecified atom stereocenters. The first-order valence-corrected chi connectivity index (χ1v) is 8.07. The molecule has 1 aliphatic heterocycles. The zero-order valence-electron chi connectivity index (χ0n) is 11.9. The number of morpholine rings is 1. The smallest absolute Gasteiger partial charge is 0.139 e. The zero-order chi connectivity index (χ0) is 14.5. The Hall–Kier alpha value is -1.72. The minimum absolute atomic E-state index is 0.611. The molecule has 0 saturated carbocycles. The molecule has 110 valence electrons. The predicted molar refractivity (Wildman–Crippen MR) is 87.7 cm³/mol. The summed E-state index contributed by atoms with van der Waals surface area (Å²) in [7, 11) is 0. The summed E-state index contributed by atoms with van der Waals surface area (Å²) in [6, 6.07) is 14.5. The van der Waals surface area contributed by atoms with Gasteiger partial charge in [-0.05, 0) is 17.7 Å². The van der Waals surface area contributed by atoms with Crippen molar-refractivity contribution >= 4 is 23.4 Å². The molecule has 5 heteroatoms. The number of hydrogen-bond donors (Lipinski definition) is 1. The van der Waals surface area contributed by atoms with Gasteiger partial charge >= 0.3 is 0 Å². The summed E-state index contributed by atoms with van der Waals surface area (Å²) in [5.74, 6) is 2.46. The fourth-order valence-corrected chi connectivity index (χ4v) is 3.15. The molecule has 0 bridgehead atoms. The topological polar surface area (TPSA) is 51.4 Å². The Bertz CT molecular complexity index is 585. The van der Waals surface area contributed by atoms with Crippen molar-refractivity contribution in [2.75, 3.05) is 36.9 Å². The third-order valence-electron chi connectivity index (χ3n) is 3.44. The van der Waals surface area contributed by atoms with Gasteiger partial charge in [0.05, 0.1) is 13.2 Å². The van der Waals surface area contributed by atoms with Crippen LogP contribution in [0.5, 0.6) is 0 Å². The molecule has 0 atom stereocenters. The average molecular weight is 301 g/mol. The van der Waals surface area contributed by atoms with Crippen molar-refractivity contribution in [3.63, 3.8) is 0 Å². The van der Waals surface area contributed by atoms with E-state index >= 15 is 0 Å². The summed E-state index contributed by atoms with van der Waals surface area (Å²) in [5, 5.41) is 0. The Morgan fingerprint density at radius 3 is 2.57 bits per heavy atom. The molecule has 4 nitrogen and oxygen atoms in total. The second-order valence-corrected chi connectivity index (χ2v) is 5.94. The van der Waals surface area contributed by atoms with E-state index in [9.17, 15) is 0 Å². The van der Waals surface area contributed by atoms with E-state index in [4.69, 9.17) is 10.5 Å². The summed E-state index contributed by atoms with van der Waals surface area (Å²) < 4.78 is 5.36. The van der Waals surface area contributed by atoms with Gasteiger partial charge in [0.15, 0.2) is 0 Å². The molecule has 3 rings (SSSR count). The molecule has 0 radical (unpaired) electrons. The summed E-state index contributed by atoms with van der Waals surface area (Å²) in [6.07, 6.45) is 0. The number of aromatic nitrogens is 1. The summed E-state index contributed by atoms with van der Waals surface area (Å²) in [5.41, 5.74) is 7.39. The number of nitrogens with zero attached hydrogens (tertiary/aromatic N) is 2. The second-order valence-electron chi connectivity index (χ2n) is 4.93. The molecule has 2 N–H and O–H groups in total. The van der Waals surface area contributed by atoms with Crippen molar-refractivity contribution in [3.05, 3.63) is 48.0 Å². The molecule has 1 saturated heterocycles. The summed E-state index contributed by atoms with van der Waals surface area (Å²) in [4.78, 5) is 7.79. The molecular weight excluding hydrogens is 282 g/mol. The first-order valence-electron chi connectivity index (χ1n) is 7.09. The van der Waals surface area contributed by atoms with Crippen molar-refractivity contribution in [3.8, 4) is 0 Å². The van der Waals surface area contributed by atoms with Gasteiger partial charge in [-0.25, -0.2) is 4.98 Å². The van der Waals surface area contributed by atoms with E-state index in [-0.39, 0.29) is 0 Å². The molecule has 21 heavy (non-hydrogen) atoms. The van der Waals surface area contributed by atoms with Crippen LogP contribution < -0.4 is 10.6 Å². The lowest BCUT2D eigenvalue weighted by Crippen LogP contribution is -2.36. The fourth-order valence-electron chi connectivity index (χ4n) is 2.28. The number of rotatable bonds is 4. The third-order valence-corrected chi connectivity index (χ3v) is 4.58. The zero-order valence-corrected chi connectivity index (χ0v) is 12.7. The first kappa shape index (κ1) is 14.2. The Morgan fingerprint density at radius 1 is 1.10 bits per heavy atom. The Balaban J connectivity index is 1.66. The standard InChI is InChI=1S/C16H19N3OS/c17-16-14(21-12-13-4-2-1-3-5-13)6-7-15(18-16)19-8-10-20-11-9-19/h1-7H,8-12H2,(H2,17,18). The highest BCUT2D eigenvalue weighted by Crippen LogP contribution is 2.29. The number of anilines is 2. The number of benzene rings is 1. The van der Waals surface area contributed by atoms with E-state index in [1.54, 1.807) is 11.8 Å². The van der Waals surface area contributed by atoms with Gasteiger partial charge < -0.3 is 15.4 Å². The number of hydrogen-bond acceptors (Lipinski definition) is 5. The van der Waals surface area contributed by atoms with Gasteiger partial charge in [-0.1, -0.05) is 30.3 Å². The van der Waals surface area contributed by atoms with E-state index in [1.165, 1.54) is 5.56 Å². The number of nitrogen functional groups attached to an aromatic ring is 1. The highest BCUT2D eigenvalue weighted by molar-refractivity contribution is 7.98.